The molecule has 0 fully saturated rings. The average molecular weight is 323 g/mol. The minimum atomic E-state index is -0.532. The highest BCUT2D eigenvalue weighted by Crippen LogP contribution is 2.35. The molecule has 0 radical (unpaired) electrons. The molecule has 0 saturated heterocycles. The first-order chi connectivity index (χ1) is 10.0. The van der Waals surface area contributed by atoms with E-state index in [-0.39, 0.29) is 28.3 Å². The lowest BCUT2D eigenvalue weighted by Gasteiger charge is -2.07. The molecule has 3 aromatic rings. The van der Waals surface area contributed by atoms with Crippen LogP contribution in [0.5, 0.6) is 11.6 Å². The lowest BCUT2D eigenvalue weighted by Crippen LogP contribution is -1.97. The smallest absolute Gasteiger partial charge is 0.271 e. The zero-order chi connectivity index (χ0) is 15.0. The molecule has 0 spiro atoms. The third-order valence-corrected chi connectivity index (χ3v) is 3.74. The van der Waals surface area contributed by atoms with E-state index in [9.17, 15) is 10.1 Å². The highest BCUT2D eigenvalue weighted by Gasteiger charge is 2.14. The number of nitrogens with two attached hydrogens (primary N) is 1. The van der Waals surface area contributed by atoms with E-state index in [1.165, 1.54) is 29.5 Å². The summed E-state index contributed by atoms with van der Waals surface area (Å²) in [5.74, 6) is 0.598. The van der Waals surface area contributed by atoms with Crippen molar-refractivity contribution in [3.8, 4) is 11.6 Å². The van der Waals surface area contributed by atoms with Gasteiger partial charge in [0.1, 0.15) is 10.6 Å². The quantitative estimate of drug-likeness (QED) is 0.583. The highest BCUT2D eigenvalue weighted by molar-refractivity contribution is 7.16. The number of thiophene rings is 1. The number of aromatic nitrogens is 2. The van der Waals surface area contributed by atoms with Gasteiger partial charge in [-0.2, -0.15) is 4.98 Å². The standard InChI is InChI=1S/C12H7ClN4O3S/c13-8-5-6(17(18)19)1-2-9(8)20-10-7-3-4-21-11(7)16-12(14)15-10/h1-5H,(H2,14,15,16). The number of rotatable bonds is 3. The van der Waals surface area contributed by atoms with Crippen LogP contribution in [0, 0.1) is 10.1 Å². The van der Waals surface area contributed by atoms with Gasteiger partial charge in [0.15, 0.2) is 0 Å². The third kappa shape index (κ3) is 2.58. The Hall–Kier alpha value is -2.45. The largest absolute Gasteiger partial charge is 0.437 e. The van der Waals surface area contributed by atoms with Gasteiger partial charge in [-0.1, -0.05) is 11.6 Å². The molecular formula is C12H7ClN4O3S. The van der Waals surface area contributed by atoms with Crippen LogP contribution in [-0.4, -0.2) is 14.9 Å². The Bertz CT molecular complexity index is 852. The molecule has 7 nitrogen and oxygen atoms in total. The van der Waals surface area contributed by atoms with Crippen molar-refractivity contribution in [2.75, 3.05) is 5.73 Å². The van der Waals surface area contributed by atoms with E-state index in [1.54, 1.807) is 6.07 Å². The summed E-state index contributed by atoms with van der Waals surface area (Å²) in [4.78, 5) is 18.9. The van der Waals surface area contributed by atoms with Crippen molar-refractivity contribution in [3.63, 3.8) is 0 Å². The molecule has 0 aliphatic heterocycles. The maximum atomic E-state index is 10.7. The van der Waals surface area contributed by atoms with Gasteiger partial charge >= 0.3 is 0 Å². The highest BCUT2D eigenvalue weighted by atomic mass is 35.5. The summed E-state index contributed by atoms with van der Waals surface area (Å²) in [5, 5.41) is 13.3. The van der Waals surface area contributed by atoms with Crippen LogP contribution in [-0.2, 0) is 0 Å². The first-order valence-corrected chi connectivity index (χ1v) is 6.93. The molecule has 0 saturated carbocycles. The molecule has 0 unspecified atom stereocenters. The molecular weight excluding hydrogens is 316 g/mol. The minimum absolute atomic E-state index is 0.0815. The molecule has 0 aliphatic carbocycles. The normalized spacial score (nSPS) is 10.7. The minimum Gasteiger partial charge on any atom is -0.437 e. The molecule has 3 rings (SSSR count). The van der Waals surface area contributed by atoms with Crippen LogP contribution in [0.4, 0.5) is 11.6 Å². The SMILES string of the molecule is Nc1nc(Oc2ccc([N+](=O)[O-])cc2Cl)c2ccsc2n1. The predicted molar refractivity (Wildman–Crippen MR) is 80.0 cm³/mol. The molecule has 0 aliphatic rings. The molecule has 2 heterocycles. The number of hydrogen-bond donors (Lipinski definition) is 1. The monoisotopic (exact) mass is 322 g/mol. The van der Waals surface area contributed by atoms with Crippen LogP contribution in [0.15, 0.2) is 29.6 Å². The van der Waals surface area contributed by atoms with Gasteiger partial charge in [0.2, 0.25) is 11.8 Å². The Morgan fingerprint density at radius 3 is 2.86 bits per heavy atom. The second-order valence-electron chi connectivity index (χ2n) is 4.00. The maximum absolute atomic E-state index is 10.7. The number of hydrogen-bond acceptors (Lipinski definition) is 7. The van der Waals surface area contributed by atoms with E-state index in [0.29, 0.717) is 10.2 Å². The number of benzene rings is 1. The fourth-order valence-electron chi connectivity index (χ4n) is 1.71. The number of nitrogen functional groups attached to an aromatic ring is 1. The van der Waals surface area contributed by atoms with Gasteiger partial charge in [-0.25, -0.2) is 4.98 Å². The van der Waals surface area contributed by atoms with Gasteiger partial charge < -0.3 is 10.5 Å². The number of nitro groups is 1. The zero-order valence-electron chi connectivity index (χ0n) is 10.3. The lowest BCUT2D eigenvalue weighted by molar-refractivity contribution is -0.384. The Morgan fingerprint density at radius 2 is 2.14 bits per heavy atom. The van der Waals surface area contributed by atoms with Gasteiger partial charge in [-0.3, -0.25) is 10.1 Å². The Balaban J connectivity index is 2.02. The Kier molecular flexibility index (Phi) is 3.32. The number of non-ortho nitro benzene ring substituents is 1. The molecule has 1 aromatic carbocycles. The van der Waals surface area contributed by atoms with Crippen LogP contribution >= 0.6 is 22.9 Å². The summed E-state index contributed by atoms with van der Waals surface area (Å²) in [6.45, 7) is 0. The molecule has 2 N–H and O–H groups in total. The number of ether oxygens (including phenoxy) is 1. The van der Waals surface area contributed by atoms with E-state index < -0.39 is 4.92 Å². The Morgan fingerprint density at radius 1 is 1.33 bits per heavy atom. The number of nitro benzene ring substituents is 1. The Labute approximate surface area is 127 Å². The second kappa shape index (κ2) is 5.15. The first-order valence-electron chi connectivity index (χ1n) is 5.67. The maximum Gasteiger partial charge on any atom is 0.271 e. The molecule has 0 amide bonds. The van der Waals surface area contributed by atoms with E-state index >= 15 is 0 Å². The van der Waals surface area contributed by atoms with E-state index in [1.807, 2.05) is 5.38 Å². The van der Waals surface area contributed by atoms with E-state index in [2.05, 4.69) is 9.97 Å². The first kappa shape index (κ1) is 13.5. The molecule has 21 heavy (non-hydrogen) atoms. The summed E-state index contributed by atoms with van der Waals surface area (Å²) in [6.07, 6.45) is 0. The van der Waals surface area contributed by atoms with Crippen molar-refractivity contribution in [2.24, 2.45) is 0 Å². The number of anilines is 1. The molecule has 0 atom stereocenters. The molecule has 106 valence electrons. The third-order valence-electron chi connectivity index (χ3n) is 2.64. The number of halogens is 1. The fourth-order valence-corrected chi connectivity index (χ4v) is 2.69. The fraction of sp³-hybridized carbons (Fsp3) is 0. The summed E-state index contributed by atoms with van der Waals surface area (Å²) in [7, 11) is 0. The van der Waals surface area contributed by atoms with Crippen LogP contribution in [0.2, 0.25) is 5.02 Å². The van der Waals surface area contributed by atoms with E-state index in [0.717, 1.165) is 0 Å². The number of fused-ring (bicyclic) bond motifs is 1. The topological polar surface area (TPSA) is 104 Å². The van der Waals surface area contributed by atoms with Crippen molar-refractivity contribution in [3.05, 3.63) is 44.8 Å². The lowest BCUT2D eigenvalue weighted by atomic mass is 10.3. The van der Waals surface area contributed by atoms with Crippen molar-refractivity contribution in [2.45, 2.75) is 0 Å². The molecule has 0 bridgehead atoms. The van der Waals surface area contributed by atoms with Crippen molar-refractivity contribution in [1.29, 1.82) is 0 Å². The molecule has 2 aromatic heterocycles. The predicted octanol–water partition coefficient (Wildman–Crippen LogP) is 3.63. The summed E-state index contributed by atoms with van der Waals surface area (Å²) < 4.78 is 5.62. The van der Waals surface area contributed by atoms with Crippen LogP contribution in [0.25, 0.3) is 10.2 Å². The summed E-state index contributed by atoms with van der Waals surface area (Å²) in [6, 6.07) is 5.73. The summed E-state index contributed by atoms with van der Waals surface area (Å²) in [5.41, 5.74) is 5.51. The summed E-state index contributed by atoms with van der Waals surface area (Å²) >= 11 is 7.39. The van der Waals surface area contributed by atoms with Crippen molar-refractivity contribution < 1.29 is 9.66 Å². The van der Waals surface area contributed by atoms with Crippen LogP contribution in [0.1, 0.15) is 0 Å². The van der Waals surface area contributed by atoms with Gasteiger partial charge in [-0.15, -0.1) is 11.3 Å². The van der Waals surface area contributed by atoms with Crippen LogP contribution < -0.4 is 10.5 Å². The van der Waals surface area contributed by atoms with Gasteiger partial charge in [0.25, 0.3) is 5.69 Å². The molecule has 9 heteroatoms. The van der Waals surface area contributed by atoms with E-state index in [4.69, 9.17) is 22.1 Å². The number of nitrogens with zero attached hydrogens (tertiary/aromatic N) is 3. The van der Waals surface area contributed by atoms with Crippen molar-refractivity contribution >= 4 is 44.8 Å². The van der Waals surface area contributed by atoms with Crippen LogP contribution in [0.3, 0.4) is 0 Å². The van der Waals surface area contributed by atoms with Gasteiger partial charge in [-0.05, 0) is 17.5 Å². The zero-order valence-corrected chi connectivity index (χ0v) is 11.9. The second-order valence-corrected chi connectivity index (χ2v) is 5.30. The average Bonchev–Trinajstić information content (AvgIpc) is 2.88. The van der Waals surface area contributed by atoms with Crippen molar-refractivity contribution in [1.82, 2.24) is 9.97 Å². The van der Waals surface area contributed by atoms with Gasteiger partial charge in [0, 0.05) is 12.1 Å². The van der Waals surface area contributed by atoms with Gasteiger partial charge in [0.05, 0.1) is 15.3 Å².